The number of rotatable bonds is 4. The summed E-state index contributed by atoms with van der Waals surface area (Å²) in [5.74, 6) is 1.58. The van der Waals surface area contributed by atoms with Crippen molar-refractivity contribution in [3.63, 3.8) is 0 Å². The van der Waals surface area contributed by atoms with Gasteiger partial charge in [-0.1, -0.05) is 83.1 Å². The van der Waals surface area contributed by atoms with E-state index in [0.717, 1.165) is 53.7 Å². The van der Waals surface area contributed by atoms with Gasteiger partial charge in [0, 0.05) is 51.8 Å². The molecular formula is C47H53N3OSi+2. The van der Waals surface area contributed by atoms with Crippen molar-refractivity contribution < 1.29 is 13.6 Å². The largest absolute Gasteiger partial charge is 0.437 e. The van der Waals surface area contributed by atoms with Crippen LogP contribution in [0.5, 0.6) is 0 Å². The minimum absolute atomic E-state index is 0.264. The lowest BCUT2D eigenvalue weighted by Gasteiger charge is -2.33. The summed E-state index contributed by atoms with van der Waals surface area (Å²) < 4.78 is 11.8. The van der Waals surface area contributed by atoms with Crippen LogP contribution in [0.1, 0.15) is 98.9 Å². The lowest BCUT2D eigenvalue weighted by Crippen LogP contribution is -2.54. The van der Waals surface area contributed by atoms with Gasteiger partial charge in [0.15, 0.2) is 29.7 Å². The lowest BCUT2D eigenvalue weighted by molar-refractivity contribution is -0.719. The maximum Gasteiger partial charge on any atom is 0.227 e. The number of aromatic nitrogens is 3. The number of aryl methyl sites for hydroxylation is 2. The summed E-state index contributed by atoms with van der Waals surface area (Å²) in [6.07, 6.45) is 17.4. The molecule has 4 aromatic heterocycles. The minimum atomic E-state index is -1.61. The first-order valence-corrected chi connectivity index (χ1v) is 23.4. The predicted molar refractivity (Wildman–Crippen MR) is 217 cm³/mol. The topological polar surface area (TPSA) is 33.8 Å². The average molecular weight is 704 g/mol. The second-order valence-electron chi connectivity index (χ2n) is 17.0. The SMILES string of the molecule is C=C1CC2C(CCc3ccc4c(oc5ncccc54)c3-c3cc(C(C)C4CCCCC4)cc[n+]31)c1ccccc1-c1cc(CC)c([Si](C)(C)C)c[n+]12. The molecule has 1 aliphatic carbocycles. The highest BCUT2D eigenvalue weighted by atomic mass is 28.3. The van der Waals surface area contributed by atoms with Crippen LogP contribution < -0.4 is 14.3 Å². The van der Waals surface area contributed by atoms with Crippen molar-refractivity contribution in [1.29, 1.82) is 0 Å². The molecule has 1 fully saturated rings. The molecule has 0 radical (unpaired) electrons. The van der Waals surface area contributed by atoms with Crippen molar-refractivity contribution in [1.82, 2.24) is 4.98 Å². The molecule has 3 unspecified atom stereocenters. The fraction of sp³-hybridized carbons (Fsp3) is 0.383. The van der Waals surface area contributed by atoms with Gasteiger partial charge in [0.25, 0.3) is 0 Å². The maximum atomic E-state index is 6.75. The standard InChI is InChI=1S/C47H53N3OSi/c1-7-32-27-42-37-17-12-11-16-36(37)38-21-19-34-20-22-39-40-18-13-24-48-47(40)51-46(39)45(34)43-28-35(31(3)33-14-9-8-10-15-33)23-25-49(43)30(2)26-41(38)50(42)29-44(32)52(4,5)6/h11-13,16-18,20,22-25,27-29,31,33,38,41H,2,7-10,14-15,19,21,26H2,1,3-6H3/q+2. The number of fused-ring (bicyclic) bond motifs is 13. The van der Waals surface area contributed by atoms with Crippen LogP contribution in [-0.2, 0) is 12.8 Å². The molecule has 0 saturated heterocycles. The van der Waals surface area contributed by atoms with E-state index in [4.69, 9.17) is 11.0 Å². The van der Waals surface area contributed by atoms with E-state index in [2.05, 4.69) is 121 Å². The maximum absolute atomic E-state index is 6.75. The Morgan fingerprint density at radius 3 is 2.56 bits per heavy atom. The Hall–Kier alpha value is -4.35. The fourth-order valence-electron chi connectivity index (χ4n) is 10.1. The van der Waals surface area contributed by atoms with Crippen LogP contribution in [0.25, 0.3) is 50.3 Å². The van der Waals surface area contributed by atoms with Gasteiger partial charge in [0.1, 0.15) is 0 Å². The summed E-state index contributed by atoms with van der Waals surface area (Å²) in [6, 6.07) is 25.7. The molecule has 0 amide bonds. The Morgan fingerprint density at radius 2 is 1.75 bits per heavy atom. The van der Waals surface area contributed by atoms with E-state index in [1.54, 1.807) is 5.19 Å². The van der Waals surface area contributed by atoms with Crippen LogP contribution in [0, 0.1) is 5.92 Å². The van der Waals surface area contributed by atoms with Gasteiger partial charge in [-0.25, -0.2) is 4.98 Å². The summed E-state index contributed by atoms with van der Waals surface area (Å²) in [5.41, 5.74) is 13.7. The van der Waals surface area contributed by atoms with E-state index in [0.29, 0.717) is 17.5 Å². The van der Waals surface area contributed by atoms with Crippen LogP contribution in [-0.4, -0.2) is 13.1 Å². The first-order valence-electron chi connectivity index (χ1n) is 19.9. The number of pyridine rings is 3. The zero-order valence-corrected chi connectivity index (χ0v) is 32.7. The van der Waals surface area contributed by atoms with Crippen molar-refractivity contribution in [2.45, 2.75) is 109 Å². The van der Waals surface area contributed by atoms with Gasteiger partial charge in [-0.05, 0) is 91.0 Å². The summed E-state index contributed by atoms with van der Waals surface area (Å²) in [7, 11) is -1.61. The Morgan fingerprint density at radius 1 is 0.923 bits per heavy atom. The Kier molecular flexibility index (Phi) is 8.34. The highest BCUT2D eigenvalue weighted by Crippen LogP contribution is 2.46. The number of benzene rings is 2. The third-order valence-corrected chi connectivity index (χ3v) is 15.0. The van der Waals surface area contributed by atoms with Gasteiger partial charge < -0.3 is 4.42 Å². The third-order valence-electron chi connectivity index (χ3n) is 13.0. The Bertz CT molecular complexity index is 2360. The monoisotopic (exact) mass is 703 g/mol. The first-order chi connectivity index (χ1) is 25.2. The van der Waals surface area contributed by atoms with Gasteiger partial charge in [0.05, 0.1) is 20.1 Å². The summed E-state index contributed by atoms with van der Waals surface area (Å²) >= 11 is 0. The molecule has 5 heteroatoms. The summed E-state index contributed by atoms with van der Waals surface area (Å²) in [4.78, 5) is 4.67. The average Bonchev–Trinajstić information content (AvgIpc) is 3.55. The molecule has 2 aromatic carbocycles. The number of furan rings is 1. The Labute approximate surface area is 310 Å². The van der Waals surface area contributed by atoms with Crippen molar-refractivity contribution in [2.75, 3.05) is 0 Å². The molecule has 6 aromatic rings. The number of nitrogens with zero attached hydrogens (tertiary/aromatic N) is 3. The normalized spacial score (nSPS) is 19.8. The molecule has 0 N–H and O–H groups in total. The molecule has 264 valence electrons. The van der Waals surface area contributed by atoms with Crippen LogP contribution >= 0.6 is 0 Å². The second-order valence-corrected chi connectivity index (χ2v) is 22.1. The van der Waals surface area contributed by atoms with Gasteiger partial charge >= 0.3 is 0 Å². The molecule has 0 bridgehead atoms. The van der Waals surface area contributed by atoms with Crippen molar-refractivity contribution >= 4 is 41.0 Å². The minimum Gasteiger partial charge on any atom is -0.437 e. The van der Waals surface area contributed by atoms with Crippen LogP contribution in [0.15, 0.2) is 96.3 Å². The van der Waals surface area contributed by atoms with Crippen molar-refractivity contribution in [3.05, 3.63) is 114 Å². The van der Waals surface area contributed by atoms with E-state index in [9.17, 15) is 0 Å². The van der Waals surface area contributed by atoms with Gasteiger partial charge in [0.2, 0.25) is 17.1 Å². The second kappa shape index (κ2) is 12.9. The zero-order valence-electron chi connectivity index (χ0n) is 31.7. The molecule has 3 atom stereocenters. The zero-order chi connectivity index (χ0) is 35.7. The van der Waals surface area contributed by atoms with Crippen molar-refractivity contribution in [3.8, 4) is 22.5 Å². The predicted octanol–water partition coefficient (Wildman–Crippen LogP) is 10.8. The number of hydrogen-bond acceptors (Lipinski definition) is 2. The quantitative estimate of drug-likeness (QED) is 0.135. The van der Waals surface area contributed by atoms with Gasteiger partial charge in [-0.2, -0.15) is 9.13 Å². The van der Waals surface area contributed by atoms with E-state index >= 15 is 0 Å². The van der Waals surface area contributed by atoms with Crippen LogP contribution in [0.2, 0.25) is 19.6 Å². The molecule has 0 spiro atoms. The Balaban J connectivity index is 1.26. The highest BCUT2D eigenvalue weighted by Gasteiger charge is 2.44. The molecule has 1 saturated carbocycles. The summed E-state index contributed by atoms with van der Waals surface area (Å²) in [5, 5.41) is 3.80. The molecule has 6 heterocycles. The lowest BCUT2D eigenvalue weighted by atomic mass is 9.76. The molecule has 9 rings (SSSR count). The van der Waals surface area contributed by atoms with Crippen LogP contribution in [0.3, 0.4) is 0 Å². The van der Waals surface area contributed by atoms with Crippen molar-refractivity contribution in [2.24, 2.45) is 5.92 Å². The van der Waals surface area contributed by atoms with Gasteiger partial charge in [-0.15, -0.1) is 0 Å². The molecule has 3 aliphatic rings. The van der Waals surface area contributed by atoms with Gasteiger partial charge in [-0.3, -0.25) is 0 Å². The third kappa shape index (κ3) is 5.50. The van der Waals surface area contributed by atoms with E-state index in [1.165, 1.54) is 76.9 Å². The van der Waals surface area contributed by atoms with E-state index < -0.39 is 8.07 Å². The first kappa shape index (κ1) is 33.5. The van der Waals surface area contributed by atoms with E-state index in [1.807, 2.05) is 12.3 Å². The number of hydrogen-bond donors (Lipinski definition) is 0. The highest BCUT2D eigenvalue weighted by molar-refractivity contribution is 6.89. The fourth-order valence-corrected chi connectivity index (χ4v) is 11.9. The molecular weight excluding hydrogens is 651 g/mol. The van der Waals surface area contributed by atoms with E-state index in [-0.39, 0.29) is 6.04 Å². The molecule has 2 aliphatic heterocycles. The van der Waals surface area contributed by atoms with Crippen LogP contribution in [0.4, 0.5) is 0 Å². The number of allylic oxidation sites excluding steroid dienone is 1. The summed E-state index contributed by atoms with van der Waals surface area (Å²) in [6.45, 7) is 17.2. The smallest absolute Gasteiger partial charge is 0.227 e. The molecule has 4 nitrogen and oxygen atoms in total. The molecule has 52 heavy (non-hydrogen) atoms.